The first-order chi connectivity index (χ1) is 14.7. The number of amides is 1. The van der Waals surface area contributed by atoms with Crippen LogP contribution >= 0.6 is 0 Å². The molecule has 1 unspecified atom stereocenters. The number of phenolic OH excluding ortho intramolecular Hbond substituents is 1. The first-order valence-corrected chi connectivity index (χ1v) is 10.2. The number of aliphatic hydroxyl groups is 1. The Balaban J connectivity index is 2.06. The number of ether oxygens (including phenoxy) is 1. The number of carbonyl (C=O) groups excluding carboxylic acids is 2. The number of halogens is 1. The number of hydrogen-bond acceptors (Lipinski definition) is 5. The van der Waals surface area contributed by atoms with E-state index in [-0.39, 0.29) is 35.3 Å². The summed E-state index contributed by atoms with van der Waals surface area (Å²) < 4.78 is 19.2. The van der Waals surface area contributed by atoms with Gasteiger partial charge in [-0.05, 0) is 68.7 Å². The zero-order chi connectivity index (χ0) is 22.7. The molecular formula is C24H26FNO5. The van der Waals surface area contributed by atoms with E-state index in [2.05, 4.69) is 0 Å². The predicted octanol–water partition coefficient (Wildman–Crippen LogP) is 4.08. The molecule has 3 rings (SSSR count). The number of ketones is 1. The Labute approximate surface area is 180 Å². The highest BCUT2D eigenvalue weighted by Gasteiger charge is 2.45. The maximum Gasteiger partial charge on any atom is 0.295 e. The number of aryl methyl sites for hydroxylation is 1. The zero-order valence-electron chi connectivity index (χ0n) is 17.8. The van der Waals surface area contributed by atoms with E-state index in [0.29, 0.717) is 24.2 Å². The van der Waals surface area contributed by atoms with E-state index in [1.165, 1.54) is 35.2 Å². The van der Waals surface area contributed by atoms with Crippen molar-refractivity contribution in [3.8, 4) is 5.75 Å². The van der Waals surface area contributed by atoms with Gasteiger partial charge in [-0.3, -0.25) is 9.59 Å². The molecule has 2 aromatic rings. The quantitative estimate of drug-likeness (QED) is 0.301. The fourth-order valence-corrected chi connectivity index (χ4v) is 3.65. The van der Waals surface area contributed by atoms with Crippen LogP contribution in [0.15, 0.2) is 48.0 Å². The molecule has 0 bridgehead atoms. The summed E-state index contributed by atoms with van der Waals surface area (Å²) in [5.41, 5.74) is 0.943. The number of carbonyl (C=O) groups is 2. The predicted molar refractivity (Wildman–Crippen MR) is 114 cm³/mol. The van der Waals surface area contributed by atoms with Gasteiger partial charge in [0.25, 0.3) is 11.7 Å². The lowest BCUT2D eigenvalue weighted by atomic mass is 9.94. The first-order valence-electron chi connectivity index (χ1n) is 10.2. The van der Waals surface area contributed by atoms with Crippen molar-refractivity contribution in [3.05, 3.63) is 70.5 Å². The molecule has 0 radical (unpaired) electrons. The molecule has 1 saturated heterocycles. The highest BCUT2D eigenvalue weighted by atomic mass is 19.1. The van der Waals surface area contributed by atoms with Crippen molar-refractivity contribution >= 4 is 17.4 Å². The molecule has 0 aliphatic carbocycles. The smallest absolute Gasteiger partial charge is 0.295 e. The summed E-state index contributed by atoms with van der Waals surface area (Å²) in [4.78, 5) is 27.1. The lowest BCUT2D eigenvalue weighted by Crippen LogP contribution is -2.31. The summed E-state index contributed by atoms with van der Waals surface area (Å²) in [6.07, 6.45) is 0.537. The Morgan fingerprint density at radius 3 is 2.58 bits per heavy atom. The lowest BCUT2D eigenvalue weighted by Gasteiger charge is -2.25. The van der Waals surface area contributed by atoms with Crippen molar-refractivity contribution in [2.24, 2.45) is 0 Å². The molecule has 1 heterocycles. The van der Waals surface area contributed by atoms with Gasteiger partial charge in [-0.2, -0.15) is 0 Å². The van der Waals surface area contributed by atoms with E-state index in [0.717, 1.165) is 0 Å². The highest BCUT2D eigenvalue weighted by Crippen LogP contribution is 2.40. The van der Waals surface area contributed by atoms with Crippen LogP contribution in [0.5, 0.6) is 5.75 Å². The number of aromatic hydroxyl groups is 1. The van der Waals surface area contributed by atoms with Gasteiger partial charge in [-0.25, -0.2) is 4.39 Å². The van der Waals surface area contributed by atoms with Crippen LogP contribution in [0.25, 0.3) is 5.76 Å². The summed E-state index contributed by atoms with van der Waals surface area (Å²) >= 11 is 0. The Bertz CT molecular complexity index is 1030. The Hall–Kier alpha value is -3.19. The molecule has 1 atom stereocenters. The molecule has 0 spiro atoms. The van der Waals surface area contributed by atoms with Gasteiger partial charge >= 0.3 is 0 Å². The Morgan fingerprint density at radius 1 is 1.19 bits per heavy atom. The minimum Gasteiger partial charge on any atom is -0.508 e. The Kier molecular flexibility index (Phi) is 6.75. The fourth-order valence-electron chi connectivity index (χ4n) is 3.65. The Morgan fingerprint density at radius 2 is 1.94 bits per heavy atom. The normalized spacial score (nSPS) is 18.2. The average Bonchev–Trinajstić information content (AvgIpc) is 2.97. The summed E-state index contributed by atoms with van der Waals surface area (Å²) in [6, 6.07) is 9.33. The maximum atomic E-state index is 13.7. The zero-order valence-corrected chi connectivity index (χ0v) is 17.8. The van der Waals surface area contributed by atoms with Crippen LogP contribution in [-0.4, -0.2) is 46.1 Å². The third-order valence-electron chi connectivity index (χ3n) is 5.15. The molecule has 0 aromatic heterocycles. The molecule has 2 aromatic carbocycles. The van der Waals surface area contributed by atoms with Crippen molar-refractivity contribution in [2.45, 2.75) is 39.3 Å². The van der Waals surface area contributed by atoms with Gasteiger partial charge in [-0.15, -0.1) is 0 Å². The van der Waals surface area contributed by atoms with E-state index in [1.807, 2.05) is 13.8 Å². The molecule has 7 heteroatoms. The standard InChI is InChI=1S/C24H26FNO5/c1-14(2)31-11-5-10-26-21(16-6-4-7-18(27)13-16)20(23(29)24(26)30)22(28)17-8-9-19(25)15(3)12-17/h4,6-9,12-14,21,27-28H,5,10-11H2,1-3H3/b22-20-. The topological polar surface area (TPSA) is 87.1 Å². The van der Waals surface area contributed by atoms with Crippen LogP contribution in [0.4, 0.5) is 4.39 Å². The molecule has 6 nitrogen and oxygen atoms in total. The number of hydrogen-bond donors (Lipinski definition) is 2. The minimum absolute atomic E-state index is 0.0242. The van der Waals surface area contributed by atoms with E-state index in [4.69, 9.17) is 4.74 Å². The van der Waals surface area contributed by atoms with E-state index in [1.54, 1.807) is 19.1 Å². The molecule has 0 saturated carbocycles. The molecule has 1 aliphatic rings. The van der Waals surface area contributed by atoms with E-state index < -0.39 is 23.5 Å². The lowest BCUT2D eigenvalue weighted by molar-refractivity contribution is -0.140. The molecule has 31 heavy (non-hydrogen) atoms. The maximum absolute atomic E-state index is 13.7. The van der Waals surface area contributed by atoms with Crippen LogP contribution in [-0.2, 0) is 14.3 Å². The number of phenols is 1. The second kappa shape index (κ2) is 9.31. The van der Waals surface area contributed by atoms with Crippen LogP contribution in [0.1, 0.15) is 43.0 Å². The molecule has 164 valence electrons. The van der Waals surface area contributed by atoms with Crippen LogP contribution in [0.3, 0.4) is 0 Å². The number of benzene rings is 2. The largest absolute Gasteiger partial charge is 0.508 e. The monoisotopic (exact) mass is 427 g/mol. The number of aliphatic hydroxyl groups excluding tert-OH is 1. The van der Waals surface area contributed by atoms with E-state index >= 15 is 0 Å². The molecule has 1 aliphatic heterocycles. The SMILES string of the molecule is Cc1cc(/C(O)=C2/C(=O)C(=O)N(CCCOC(C)C)C2c2cccc(O)c2)ccc1F. The number of rotatable bonds is 7. The van der Waals surface area contributed by atoms with Crippen LogP contribution < -0.4 is 0 Å². The number of nitrogens with zero attached hydrogens (tertiary/aromatic N) is 1. The van der Waals surface area contributed by atoms with Crippen molar-refractivity contribution in [1.29, 1.82) is 0 Å². The number of likely N-dealkylation sites (tertiary alicyclic amines) is 1. The van der Waals surface area contributed by atoms with Crippen molar-refractivity contribution in [1.82, 2.24) is 4.90 Å². The van der Waals surface area contributed by atoms with Crippen molar-refractivity contribution in [3.63, 3.8) is 0 Å². The molecular weight excluding hydrogens is 401 g/mol. The highest BCUT2D eigenvalue weighted by molar-refractivity contribution is 6.46. The van der Waals surface area contributed by atoms with Crippen molar-refractivity contribution < 1.29 is 28.9 Å². The minimum atomic E-state index is -0.878. The van der Waals surface area contributed by atoms with Crippen molar-refractivity contribution in [2.75, 3.05) is 13.2 Å². The van der Waals surface area contributed by atoms with Gasteiger partial charge in [0.05, 0.1) is 17.7 Å². The summed E-state index contributed by atoms with van der Waals surface area (Å²) in [5, 5.41) is 20.9. The molecule has 1 fully saturated rings. The molecule has 2 N–H and O–H groups in total. The van der Waals surface area contributed by atoms with E-state index in [9.17, 15) is 24.2 Å². The fraction of sp³-hybridized carbons (Fsp3) is 0.333. The van der Waals surface area contributed by atoms with Crippen LogP contribution in [0, 0.1) is 12.7 Å². The third-order valence-corrected chi connectivity index (χ3v) is 5.15. The number of Topliss-reactive ketones (excluding diaryl/α,β-unsaturated/α-hetero) is 1. The van der Waals surface area contributed by atoms with Gasteiger partial charge < -0.3 is 19.8 Å². The summed E-state index contributed by atoms with van der Waals surface area (Å²) in [7, 11) is 0. The van der Waals surface area contributed by atoms with Gasteiger partial charge in [0.1, 0.15) is 17.3 Å². The van der Waals surface area contributed by atoms with Gasteiger partial charge in [-0.1, -0.05) is 12.1 Å². The van der Waals surface area contributed by atoms with Gasteiger partial charge in [0.2, 0.25) is 0 Å². The summed E-state index contributed by atoms with van der Waals surface area (Å²) in [6.45, 7) is 6.00. The summed E-state index contributed by atoms with van der Waals surface area (Å²) in [5.74, 6) is -2.40. The average molecular weight is 427 g/mol. The second-order valence-corrected chi connectivity index (χ2v) is 7.82. The third kappa shape index (κ3) is 4.77. The first kappa shape index (κ1) is 22.5. The van der Waals surface area contributed by atoms with Crippen LogP contribution in [0.2, 0.25) is 0 Å². The van der Waals surface area contributed by atoms with Gasteiger partial charge in [0, 0.05) is 18.7 Å². The second-order valence-electron chi connectivity index (χ2n) is 7.82. The van der Waals surface area contributed by atoms with Gasteiger partial charge in [0.15, 0.2) is 0 Å². The molecule has 1 amide bonds.